The van der Waals surface area contributed by atoms with Gasteiger partial charge in [-0.05, 0) is 57.7 Å². The number of hydrogen-bond acceptors (Lipinski definition) is 3. The van der Waals surface area contributed by atoms with Crippen LogP contribution in [0.4, 0.5) is 0 Å². The van der Waals surface area contributed by atoms with Gasteiger partial charge in [0.1, 0.15) is 5.78 Å². The molecule has 0 spiro atoms. The average molecular weight is 369 g/mol. The fourth-order valence-corrected chi connectivity index (χ4v) is 2.56. The van der Waals surface area contributed by atoms with Crippen LogP contribution in [-0.4, -0.2) is 43.3 Å². The van der Waals surface area contributed by atoms with Crippen molar-refractivity contribution in [2.24, 2.45) is 10.8 Å². The van der Waals surface area contributed by atoms with Crippen LogP contribution >= 0.6 is 0 Å². The quantitative estimate of drug-likeness (QED) is 0.474. The maximum Gasteiger partial charge on any atom is 0.225 e. The molecule has 0 atom stereocenters. The Balaban J connectivity index is 3.54. The summed E-state index contributed by atoms with van der Waals surface area (Å²) in [6, 6.07) is 0. The van der Waals surface area contributed by atoms with Crippen molar-refractivity contribution in [2.75, 3.05) is 26.7 Å². The molecule has 1 amide bonds. The lowest BCUT2D eigenvalue weighted by Gasteiger charge is -2.23. The molecule has 0 bridgehead atoms. The largest absolute Gasteiger partial charge is 0.356 e. The molecular weight excluding hydrogens is 324 g/mol. The molecule has 0 aromatic heterocycles. The molecule has 26 heavy (non-hydrogen) atoms. The van der Waals surface area contributed by atoms with Crippen LogP contribution in [0.3, 0.4) is 0 Å². The van der Waals surface area contributed by atoms with Gasteiger partial charge in [0.15, 0.2) is 0 Å². The molecule has 0 aliphatic carbocycles. The summed E-state index contributed by atoms with van der Waals surface area (Å²) in [7, 11) is 2.17. The van der Waals surface area contributed by atoms with Gasteiger partial charge >= 0.3 is 0 Å². The fourth-order valence-electron chi connectivity index (χ4n) is 2.56. The first kappa shape index (κ1) is 25.1. The number of nitrogens with one attached hydrogen (secondary N) is 1. The van der Waals surface area contributed by atoms with Gasteiger partial charge in [0.2, 0.25) is 5.91 Å². The van der Waals surface area contributed by atoms with Crippen molar-refractivity contribution in [3.8, 4) is 0 Å². The van der Waals surface area contributed by atoms with Crippen molar-refractivity contribution >= 4 is 11.7 Å². The first-order valence-electron chi connectivity index (χ1n) is 10.4. The van der Waals surface area contributed by atoms with Crippen LogP contribution in [-0.2, 0) is 9.59 Å². The van der Waals surface area contributed by atoms with Gasteiger partial charge in [-0.3, -0.25) is 9.59 Å². The number of amides is 1. The van der Waals surface area contributed by atoms with E-state index in [9.17, 15) is 9.59 Å². The molecule has 0 radical (unpaired) electrons. The summed E-state index contributed by atoms with van der Waals surface area (Å²) in [5.74, 6) is 0.488. The van der Waals surface area contributed by atoms with Crippen LogP contribution in [0.1, 0.15) is 92.9 Å². The molecule has 4 heteroatoms. The summed E-state index contributed by atoms with van der Waals surface area (Å²) in [6.45, 7) is 15.5. The molecule has 0 unspecified atom stereocenters. The number of Topliss-reactive ketones (excluding diaryl/α,β-unsaturated/α-hetero) is 1. The summed E-state index contributed by atoms with van der Waals surface area (Å²) < 4.78 is 0. The van der Waals surface area contributed by atoms with E-state index in [1.165, 1.54) is 6.42 Å². The summed E-state index contributed by atoms with van der Waals surface area (Å²) in [5, 5.41) is 2.95. The molecule has 0 aliphatic heterocycles. The highest BCUT2D eigenvalue weighted by Crippen LogP contribution is 2.18. The number of hydrogen-bond donors (Lipinski definition) is 1. The predicted octanol–water partition coefficient (Wildman–Crippen LogP) is 4.82. The maximum absolute atomic E-state index is 11.9. The number of rotatable bonds is 13. The Kier molecular flexibility index (Phi) is 12.0. The molecule has 0 heterocycles. The minimum Gasteiger partial charge on any atom is -0.356 e. The van der Waals surface area contributed by atoms with E-state index in [2.05, 4.69) is 38.0 Å². The lowest BCUT2D eigenvalue weighted by molar-refractivity contribution is -0.128. The SMILES string of the molecule is CN(CCCCC(=O)CCCCCNC(=O)C(C)(C)C)CCC(C)(C)C. The number of carbonyl (C=O) groups excluding carboxylic acids is 2. The maximum atomic E-state index is 11.9. The second-order valence-corrected chi connectivity index (χ2v) is 9.93. The van der Waals surface area contributed by atoms with Gasteiger partial charge in [-0.1, -0.05) is 48.0 Å². The zero-order valence-electron chi connectivity index (χ0n) is 18.5. The number of nitrogens with zero attached hydrogens (tertiary/aromatic N) is 1. The van der Waals surface area contributed by atoms with Gasteiger partial charge in [0.25, 0.3) is 0 Å². The summed E-state index contributed by atoms with van der Waals surface area (Å²) >= 11 is 0. The minimum absolute atomic E-state index is 0.0982. The van der Waals surface area contributed by atoms with Gasteiger partial charge < -0.3 is 10.2 Å². The molecule has 0 aliphatic rings. The molecule has 1 N–H and O–H groups in total. The third-order valence-electron chi connectivity index (χ3n) is 4.59. The summed E-state index contributed by atoms with van der Waals surface area (Å²) in [5.41, 5.74) is 0.0660. The molecule has 0 rings (SSSR count). The first-order valence-corrected chi connectivity index (χ1v) is 10.4. The van der Waals surface area contributed by atoms with E-state index in [1.807, 2.05) is 20.8 Å². The van der Waals surface area contributed by atoms with E-state index >= 15 is 0 Å². The Morgan fingerprint density at radius 2 is 1.38 bits per heavy atom. The lowest BCUT2D eigenvalue weighted by Crippen LogP contribution is -2.35. The van der Waals surface area contributed by atoms with Crippen LogP contribution in [0.5, 0.6) is 0 Å². The second-order valence-electron chi connectivity index (χ2n) is 9.93. The van der Waals surface area contributed by atoms with Crippen LogP contribution in [0.15, 0.2) is 0 Å². The summed E-state index contributed by atoms with van der Waals surface area (Å²) in [6.07, 6.45) is 7.61. The highest BCUT2D eigenvalue weighted by atomic mass is 16.2. The molecule has 0 aromatic rings. The molecular formula is C22H44N2O2. The van der Waals surface area contributed by atoms with Crippen LogP contribution in [0.25, 0.3) is 0 Å². The lowest BCUT2D eigenvalue weighted by atomic mass is 9.92. The molecule has 0 saturated heterocycles. The average Bonchev–Trinajstić information content (AvgIpc) is 2.51. The topological polar surface area (TPSA) is 49.4 Å². The Morgan fingerprint density at radius 1 is 0.808 bits per heavy atom. The van der Waals surface area contributed by atoms with E-state index in [1.54, 1.807) is 0 Å². The van der Waals surface area contributed by atoms with Gasteiger partial charge in [-0.15, -0.1) is 0 Å². The molecule has 0 fully saturated rings. The Hall–Kier alpha value is -0.900. The predicted molar refractivity (Wildman–Crippen MR) is 111 cm³/mol. The number of carbonyl (C=O) groups is 2. The molecule has 154 valence electrons. The third-order valence-corrected chi connectivity index (χ3v) is 4.59. The highest BCUT2D eigenvalue weighted by Gasteiger charge is 2.20. The molecule has 0 saturated carbocycles. The molecule has 0 aromatic carbocycles. The number of ketones is 1. The van der Waals surface area contributed by atoms with Gasteiger partial charge in [0.05, 0.1) is 0 Å². The van der Waals surface area contributed by atoms with Crippen LogP contribution in [0, 0.1) is 10.8 Å². The van der Waals surface area contributed by atoms with E-state index in [0.29, 0.717) is 30.6 Å². The van der Waals surface area contributed by atoms with Gasteiger partial charge in [0, 0.05) is 24.8 Å². The zero-order chi connectivity index (χ0) is 20.2. The van der Waals surface area contributed by atoms with Gasteiger partial charge in [-0.25, -0.2) is 0 Å². The van der Waals surface area contributed by atoms with Crippen molar-refractivity contribution in [3.63, 3.8) is 0 Å². The van der Waals surface area contributed by atoms with Crippen LogP contribution < -0.4 is 5.32 Å². The van der Waals surface area contributed by atoms with Crippen molar-refractivity contribution in [1.82, 2.24) is 10.2 Å². The Morgan fingerprint density at radius 3 is 1.92 bits per heavy atom. The highest BCUT2D eigenvalue weighted by molar-refractivity contribution is 5.81. The number of unbranched alkanes of at least 4 members (excludes halogenated alkanes) is 3. The van der Waals surface area contributed by atoms with Gasteiger partial charge in [-0.2, -0.15) is 0 Å². The van der Waals surface area contributed by atoms with E-state index in [4.69, 9.17) is 0 Å². The normalized spacial score (nSPS) is 12.5. The van der Waals surface area contributed by atoms with Crippen molar-refractivity contribution in [3.05, 3.63) is 0 Å². The van der Waals surface area contributed by atoms with Crippen molar-refractivity contribution in [2.45, 2.75) is 92.9 Å². The summed E-state index contributed by atoms with van der Waals surface area (Å²) in [4.78, 5) is 26.0. The molecule has 4 nitrogen and oxygen atoms in total. The van der Waals surface area contributed by atoms with Crippen molar-refractivity contribution < 1.29 is 9.59 Å². The fraction of sp³-hybridized carbons (Fsp3) is 0.909. The Bertz CT molecular complexity index is 405. The van der Waals surface area contributed by atoms with Crippen LogP contribution in [0.2, 0.25) is 0 Å². The smallest absolute Gasteiger partial charge is 0.225 e. The Labute approximate surface area is 162 Å². The van der Waals surface area contributed by atoms with E-state index in [-0.39, 0.29) is 11.3 Å². The third kappa shape index (κ3) is 15.4. The zero-order valence-corrected chi connectivity index (χ0v) is 18.5. The minimum atomic E-state index is -0.323. The van der Waals surface area contributed by atoms with Crippen molar-refractivity contribution in [1.29, 1.82) is 0 Å². The first-order chi connectivity index (χ1) is 11.9. The van der Waals surface area contributed by atoms with E-state index in [0.717, 1.165) is 45.2 Å². The second kappa shape index (κ2) is 12.5. The standard InChI is InChI=1S/C22H44N2O2/c1-21(2,3)15-18-24(7)17-12-10-14-19(25)13-9-8-11-16-23-20(26)22(4,5)6/h8-18H2,1-7H3,(H,23,26). The monoisotopic (exact) mass is 368 g/mol. The van der Waals surface area contributed by atoms with E-state index < -0.39 is 0 Å².